The predicted molar refractivity (Wildman–Crippen MR) is 101 cm³/mol. The van der Waals surface area contributed by atoms with Crippen LogP contribution in [0.25, 0.3) is 11.4 Å². The molecule has 9 nitrogen and oxygen atoms in total. The molecule has 0 saturated carbocycles. The lowest BCUT2D eigenvalue weighted by molar-refractivity contribution is -0.118. The van der Waals surface area contributed by atoms with Crippen LogP contribution in [0.2, 0.25) is 0 Å². The molecule has 0 aliphatic carbocycles. The zero-order valence-corrected chi connectivity index (χ0v) is 16.2. The zero-order chi connectivity index (χ0) is 19.9. The lowest BCUT2D eigenvalue weighted by Crippen LogP contribution is -2.50. The van der Waals surface area contributed by atoms with Crippen molar-refractivity contribution in [2.45, 2.75) is 26.7 Å². The van der Waals surface area contributed by atoms with Crippen molar-refractivity contribution in [3.05, 3.63) is 35.7 Å². The van der Waals surface area contributed by atoms with Gasteiger partial charge < -0.3 is 19.6 Å². The van der Waals surface area contributed by atoms with Gasteiger partial charge in [-0.2, -0.15) is 4.98 Å². The fraction of sp³-hybridized carbons (Fsp3) is 0.474. The number of nitrogens with one attached hydrogen (secondary N) is 1. The third kappa shape index (κ3) is 5.07. The molecular formula is C19H25N5O4. The molecule has 1 aliphatic rings. The number of amides is 2. The smallest absolute Gasteiger partial charge is 0.351 e. The number of unbranched alkanes of at least 4 members (excludes halogenated alkanes) is 1. The maximum atomic E-state index is 12.7. The van der Waals surface area contributed by atoms with E-state index >= 15 is 0 Å². The van der Waals surface area contributed by atoms with E-state index in [4.69, 9.17) is 9.36 Å². The first-order valence-electron chi connectivity index (χ1n) is 9.47. The molecule has 0 unspecified atom stereocenters. The average Bonchev–Trinajstić information content (AvgIpc) is 3.15. The van der Waals surface area contributed by atoms with Gasteiger partial charge in [0.1, 0.15) is 0 Å². The van der Waals surface area contributed by atoms with Gasteiger partial charge in [0, 0.05) is 37.7 Å². The molecule has 1 saturated heterocycles. The highest BCUT2D eigenvalue weighted by Crippen LogP contribution is 2.17. The molecule has 1 aromatic carbocycles. The third-order valence-electron chi connectivity index (χ3n) is 4.46. The molecule has 0 bridgehead atoms. The van der Waals surface area contributed by atoms with E-state index in [2.05, 4.69) is 22.4 Å². The van der Waals surface area contributed by atoms with Crippen LogP contribution in [0.5, 0.6) is 0 Å². The van der Waals surface area contributed by atoms with Crippen molar-refractivity contribution < 1.29 is 18.9 Å². The number of rotatable bonds is 6. The van der Waals surface area contributed by atoms with Crippen LogP contribution in [0.4, 0.5) is 4.79 Å². The number of piperazine rings is 1. The van der Waals surface area contributed by atoms with E-state index in [0.717, 1.165) is 18.4 Å². The monoisotopic (exact) mass is 387 g/mol. The molecule has 0 radical (unpaired) electrons. The van der Waals surface area contributed by atoms with Crippen molar-refractivity contribution in [2.75, 3.05) is 32.7 Å². The Labute approximate surface area is 163 Å². The molecule has 0 spiro atoms. The summed E-state index contributed by atoms with van der Waals surface area (Å²) in [5.74, 6) is 0.941. The minimum Gasteiger partial charge on any atom is -0.351 e. The summed E-state index contributed by atoms with van der Waals surface area (Å²) in [6, 6.07) is 7.12. The Morgan fingerprint density at radius 2 is 1.89 bits per heavy atom. The number of hydrogen-bond acceptors (Lipinski definition) is 7. The zero-order valence-electron chi connectivity index (χ0n) is 16.2. The van der Waals surface area contributed by atoms with Crippen molar-refractivity contribution >= 4 is 12.0 Å². The first-order chi connectivity index (χ1) is 13.6. The number of carbonyl (C=O) groups is 2. The fourth-order valence-electron chi connectivity index (χ4n) is 2.86. The second kappa shape index (κ2) is 9.32. The maximum absolute atomic E-state index is 12.7. The Morgan fingerprint density at radius 3 is 2.50 bits per heavy atom. The Bertz CT molecular complexity index is 797. The Morgan fingerprint density at radius 1 is 1.18 bits per heavy atom. The lowest BCUT2D eigenvalue weighted by atomic mass is 10.1. The Kier molecular flexibility index (Phi) is 6.59. The largest absolute Gasteiger partial charge is 0.426 e. The summed E-state index contributed by atoms with van der Waals surface area (Å²) < 4.78 is 4.98. The minimum atomic E-state index is -0.444. The molecule has 3 rings (SSSR count). The highest BCUT2D eigenvalue weighted by Gasteiger charge is 2.24. The number of carbonyl (C=O) groups excluding carboxylic acids is 2. The number of hydrogen-bond donors (Lipinski definition) is 1. The summed E-state index contributed by atoms with van der Waals surface area (Å²) >= 11 is 0. The van der Waals surface area contributed by atoms with E-state index < -0.39 is 6.09 Å². The van der Waals surface area contributed by atoms with Gasteiger partial charge in [-0.15, -0.1) is 5.06 Å². The summed E-state index contributed by atoms with van der Waals surface area (Å²) in [7, 11) is 0. The van der Waals surface area contributed by atoms with Gasteiger partial charge in [0.2, 0.25) is 11.7 Å². The Hall–Kier alpha value is -2.94. The average molecular weight is 387 g/mol. The summed E-state index contributed by atoms with van der Waals surface area (Å²) in [4.78, 5) is 35.6. The van der Waals surface area contributed by atoms with Gasteiger partial charge in [-0.1, -0.05) is 30.6 Å². The third-order valence-corrected chi connectivity index (χ3v) is 4.46. The summed E-state index contributed by atoms with van der Waals surface area (Å²) in [6.07, 6.45) is 1.49. The molecule has 0 atom stereocenters. The van der Waals surface area contributed by atoms with Crippen LogP contribution >= 0.6 is 0 Å². The number of aromatic nitrogens is 2. The molecule has 2 aromatic rings. The molecule has 2 heterocycles. The lowest BCUT2D eigenvalue weighted by Gasteiger charge is -2.33. The standard InChI is InChI=1S/C19H25N5O4/c1-3-4-9-20-19(26)28-24-12-10-23(11-13-24)18(25)16-7-5-15(6-8-16)17-21-14(2)27-22-17/h5-8H,3-4,9-13H2,1-2H3,(H,20,26). The van der Waals surface area contributed by atoms with E-state index in [1.54, 1.807) is 41.2 Å². The van der Waals surface area contributed by atoms with Crippen LogP contribution in [0.3, 0.4) is 0 Å². The first-order valence-corrected chi connectivity index (χ1v) is 9.47. The summed E-state index contributed by atoms with van der Waals surface area (Å²) in [5.41, 5.74) is 1.39. The van der Waals surface area contributed by atoms with Crippen LogP contribution in [0.1, 0.15) is 36.0 Å². The van der Waals surface area contributed by atoms with E-state index in [1.165, 1.54) is 0 Å². The number of benzene rings is 1. The van der Waals surface area contributed by atoms with Crippen LogP contribution in [-0.2, 0) is 4.84 Å². The van der Waals surface area contributed by atoms with Crippen LogP contribution in [0, 0.1) is 6.92 Å². The van der Waals surface area contributed by atoms with E-state index in [-0.39, 0.29) is 5.91 Å². The van der Waals surface area contributed by atoms with Crippen LogP contribution in [0.15, 0.2) is 28.8 Å². The number of nitrogens with zero attached hydrogens (tertiary/aromatic N) is 4. The number of aryl methyl sites for hydroxylation is 1. The van der Waals surface area contributed by atoms with Gasteiger partial charge in [0.15, 0.2) is 0 Å². The van der Waals surface area contributed by atoms with E-state index in [0.29, 0.717) is 50.0 Å². The first kappa shape index (κ1) is 19.8. The molecule has 150 valence electrons. The molecule has 1 N–H and O–H groups in total. The van der Waals surface area contributed by atoms with Crippen molar-refractivity contribution in [1.29, 1.82) is 0 Å². The van der Waals surface area contributed by atoms with Crippen LogP contribution in [-0.4, -0.2) is 64.8 Å². The molecule has 28 heavy (non-hydrogen) atoms. The van der Waals surface area contributed by atoms with Gasteiger partial charge in [-0.05, 0) is 18.6 Å². The van der Waals surface area contributed by atoms with Gasteiger partial charge in [-0.3, -0.25) is 4.79 Å². The fourth-order valence-corrected chi connectivity index (χ4v) is 2.86. The summed E-state index contributed by atoms with van der Waals surface area (Å²) in [6.45, 7) is 6.34. The molecule has 1 aliphatic heterocycles. The molecule has 1 aromatic heterocycles. The molecule has 9 heteroatoms. The second-order valence-corrected chi connectivity index (χ2v) is 6.59. The topological polar surface area (TPSA) is 101 Å². The van der Waals surface area contributed by atoms with Crippen molar-refractivity contribution in [3.8, 4) is 11.4 Å². The predicted octanol–water partition coefficient (Wildman–Crippen LogP) is 2.24. The molecule has 1 fully saturated rings. The van der Waals surface area contributed by atoms with Gasteiger partial charge in [-0.25, -0.2) is 4.79 Å². The van der Waals surface area contributed by atoms with Gasteiger partial charge in [0.05, 0.1) is 13.1 Å². The minimum absolute atomic E-state index is 0.0529. The van der Waals surface area contributed by atoms with Crippen molar-refractivity contribution in [2.24, 2.45) is 0 Å². The normalized spacial score (nSPS) is 14.7. The van der Waals surface area contributed by atoms with Gasteiger partial charge >= 0.3 is 6.09 Å². The SMILES string of the molecule is CCCCNC(=O)ON1CCN(C(=O)c2ccc(-c3noc(C)n3)cc2)CC1. The quantitative estimate of drug-likeness (QED) is 0.759. The molecular weight excluding hydrogens is 362 g/mol. The van der Waals surface area contributed by atoms with Gasteiger partial charge in [0.25, 0.3) is 5.91 Å². The highest BCUT2D eigenvalue weighted by atomic mass is 16.7. The summed E-state index contributed by atoms with van der Waals surface area (Å²) in [5, 5.41) is 8.17. The van der Waals surface area contributed by atoms with E-state index in [9.17, 15) is 9.59 Å². The number of hydroxylamine groups is 2. The van der Waals surface area contributed by atoms with Crippen molar-refractivity contribution in [3.63, 3.8) is 0 Å². The highest BCUT2D eigenvalue weighted by molar-refractivity contribution is 5.94. The maximum Gasteiger partial charge on any atom is 0.426 e. The Balaban J connectivity index is 1.49. The molecule has 2 amide bonds. The van der Waals surface area contributed by atoms with E-state index in [1.807, 2.05) is 0 Å². The second-order valence-electron chi connectivity index (χ2n) is 6.59. The van der Waals surface area contributed by atoms with Crippen LogP contribution < -0.4 is 5.32 Å². The van der Waals surface area contributed by atoms with Crippen molar-refractivity contribution in [1.82, 2.24) is 25.4 Å².